The number of benzene rings is 1. The summed E-state index contributed by atoms with van der Waals surface area (Å²) in [5.74, 6) is 0.696. The zero-order valence-corrected chi connectivity index (χ0v) is 21.0. The Morgan fingerprint density at radius 3 is 2.62 bits per heavy atom. The van der Waals surface area contributed by atoms with Crippen LogP contribution in [0.25, 0.3) is 0 Å². The van der Waals surface area contributed by atoms with E-state index in [1.165, 1.54) is 4.88 Å². The van der Waals surface area contributed by atoms with Crippen molar-refractivity contribution in [2.75, 3.05) is 6.54 Å². The number of hydrogen-bond donors (Lipinski definition) is 3. The van der Waals surface area contributed by atoms with Gasteiger partial charge in [-0.1, -0.05) is 19.1 Å². The quantitative estimate of drug-likeness (QED) is 0.273. The fourth-order valence-corrected chi connectivity index (χ4v) is 3.38. The normalized spacial score (nSPS) is 12.1. The standard InChI is InChI=1S/C21H31N5OS.HI/c1-6-14(3)25-20(27)18-10-8-9-17(11-18)12-23-21(22-7-2)24-13-19-26-15(4)16(5)28-19;/h8-11,14H,6-7,12-13H2,1-5H3,(H,25,27)(H2,22,23,24);1H. The van der Waals surface area contributed by atoms with E-state index in [4.69, 9.17) is 0 Å². The first-order chi connectivity index (χ1) is 13.4. The number of guanidine groups is 1. The summed E-state index contributed by atoms with van der Waals surface area (Å²) in [6, 6.07) is 7.79. The summed E-state index contributed by atoms with van der Waals surface area (Å²) in [5, 5.41) is 10.6. The van der Waals surface area contributed by atoms with E-state index < -0.39 is 0 Å². The van der Waals surface area contributed by atoms with Crippen LogP contribution in [0, 0.1) is 13.8 Å². The molecule has 2 aromatic rings. The van der Waals surface area contributed by atoms with Crippen LogP contribution in [0.1, 0.15) is 58.7 Å². The molecule has 8 heteroatoms. The van der Waals surface area contributed by atoms with Crippen molar-refractivity contribution >= 4 is 47.2 Å². The molecule has 0 radical (unpaired) electrons. The average Bonchev–Trinajstić information content (AvgIpc) is 3.01. The van der Waals surface area contributed by atoms with Crippen molar-refractivity contribution in [3.63, 3.8) is 0 Å². The molecular formula is C21H32IN5OS. The molecule has 1 atom stereocenters. The summed E-state index contributed by atoms with van der Waals surface area (Å²) >= 11 is 1.70. The SMILES string of the molecule is CCNC(=NCc1cccc(C(=O)NC(C)CC)c1)NCc1nc(C)c(C)s1.I. The third kappa shape index (κ3) is 8.30. The number of carbonyl (C=O) groups is 1. The fraction of sp³-hybridized carbons (Fsp3) is 0.476. The molecular weight excluding hydrogens is 497 g/mol. The number of carbonyl (C=O) groups excluding carboxylic acids is 1. The van der Waals surface area contributed by atoms with Gasteiger partial charge in [-0.2, -0.15) is 0 Å². The topological polar surface area (TPSA) is 78.4 Å². The Morgan fingerprint density at radius 2 is 2.00 bits per heavy atom. The molecule has 0 spiro atoms. The van der Waals surface area contributed by atoms with Gasteiger partial charge in [0.1, 0.15) is 5.01 Å². The van der Waals surface area contributed by atoms with E-state index in [1.54, 1.807) is 11.3 Å². The van der Waals surface area contributed by atoms with E-state index in [2.05, 4.69) is 39.8 Å². The minimum absolute atomic E-state index is 0. The minimum atomic E-state index is -0.0419. The van der Waals surface area contributed by atoms with E-state index >= 15 is 0 Å². The van der Waals surface area contributed by atoms with Gasteiger partial charge in [-0.3, -0.25) is 4.79 Å². The maximum Gasteiger partial charge on any atom is 0.251 e. The minimum Gasteiger partial charge on any atom is -0.357 e. The highest BCUT2D eigenvalue weighted by molar-refractivity contribution is 14.0. The van der Waals surface area contributed by atoms with Crippen molar-refractivity contribution in [2.24, 2.45) is 4.99 Å². The summed E-state index contributed by atoms with van der Waals surface area (Å²) in [5.41, 5.74) is 2.74. The molecule has 0 aliphatic rings. The van der Waals surface area contributed by atoms with Gasteiger partial charge in [0.15, 0.2) is 5.96 Å². The number of amides is 1. The van der Waals surface area contributed by atoms with Gasteiger partial charge in [0.2, 0.25) is 0 Å². The molecule has 2 rings (SSSR count). The van der Waals surface area contributed by atoms with Gasteiger partial charge < -0.3 is 16.0 Å². The van der Waals surface area contributed by atoms with Crippen LogP contribution in [-0.4, -0.2) is 29.4 Å². The highest BCUT2D eigenvalue weighted by atomic mass is 127. The predicted octanol–water partition coefficient (Wildman–Crippen LogP) is 4.16. The number of nitrogens with one attached hydrogen (secondary N) is 3. The van der Waals surface area contributed by atoms with Gasteiger partial charge in [0, 0.05) is 23.0 Å². The Balaban J connectivity index is 0.00000420. The number of hydrogen-bond acceptors (Lipinski definition) is 4. The lowest BCUT2D eigenvalue weighted by Crippen LogP contribution is -2.36. The highest BCUT2D eigenvalue weighted by Crippen LogP contribution is 2.16. The van der Waals surface area contributed by atoms with Gasteiger partial charge in [0.25, 0.3) is 5.91 Å². The fourth-order valence-electron chi connectivity index (χ4n) is 2.51. The lowest BCUT2D eigenvalue weighted by atomic mass is 10.1. The number of nitrogens with zero attached hydrogens (tertiary/aromatic N) is 2. The van der Waals surface area contributed by atoms with Crippen LogP contribution < -0.4 is 16.0 Å². The first kappa shape index (κ1) is 25.4. The number of aromatic nitrogens is 1. The Labute approximate surface area is 195 Å². The molecule has 1 aromatic heterocycles. The van der Waals surface area contributed by atoms with Crippen molar-refractivity contribution in [1.29, 1.82) is 0 Å². The maximum atomic E-state index is 12.3. The Kier molecular flexibility index (Phi) is 11.2. The largest absolute Gasteiger partial charge is 0.357 e. The number of rotatable bonds is 8. The van der Waals surface area contributed by atoms with Crippen molar-refractivity contribution < 1.29 is 4.79 Å². The molecule has 1 heterocycles. The molecule has 1 aromatic carbocycles. The van der Waals surface area contributed by atoms with E-state index in [0.717, 1.165) is 35.2 Å². The molecule has 0 saturated heterocycles. The lowest BCUT2D eigenvalue weighted by molar-refractivity contribution is 0.0939. The Morgan fingerprint density at radius 1 is 1.24 bits per heavy atom. The third-order valence-electron chi connectivity index (χ3n) is 4.42. The lowest BCUT2D eigenvalue weighted by Gasteiger charge is -2.12. The van der Waals surface area contributed by atoms with Gasteiger partial charge in [-0.05, 0) is 51.8 Å². The van der Waals surface area contributed by atoms with Gasteiger partial charge in [0.05, 0.1) is 18.8 Å². The van der Waals surface area contributed by atoms with Crippen molar-refractivity contribution in [3.8, 4) is 0 Å². The maximum absolute atomic E-state index is 12.3. The first-order valence-electron chi connectivity index (χ1n) is 9.77. The summed E-state index contributed by atoms with van der Waals surface area (Å²) in [6.07, 6.45) is 0.908. The van der Waals surface area contributed by atoms with Crippen LogP contribution in [0.15, 0.2) is 29.3 Å². The predicted molar refractivity (Wildman–Crippen MR) is 132 cm³/mol. The number of halogens is 1. The molecule has 1 unspecified atom stereocenters. The molecule has 1 amide bonds. The van der Waals surface area contributed by atoms with Gasteiger partial charge in [-0.15, -0.1) is 35.3 Å². The first-order valence-corrected chi connectivity index (χ1v) is 10.6. The third-order valence-corrected chi connectivity index (χ3v) is 5.50. The van der Waals surface area contributed by atoms with E-state index in [0.29, 0.717) is 18.7 Å². The number of thiazole rings is 1. The van der Waals surface area contributed by atoms with E-state index in [9.17, 15) is 4.79 Å². The van der Waals surface area contributed by atoms with Crippen molar-refractivity contribution in [2.45, 2.75) is 60.2 Å². The molecule has 3 N–H and O–H groups in total. The Bertz CT molecular complexity index is 802. The molecule has 29 heavy (non-hydrogen) atoms. The number of aliphatic imine (C=N–C) groups is 1. The van der Waals surface area contributed by atoms with Crippen LogP contribution in [0.3, 0.4) is 0 Å². The molecule has 0 saturated carbocycles. The van der Waals surface area contributed by atoms with E-state index in [1.807, 2.05) is 45.0 Å². The van der Waals surface area contributed by atoms with Crippen LogP contribution in [0.5, 0.6) is 0 Å². The van der Waals surface area contributed by atoms with Gasteiger partial charge in [-0.25, -0.2) is 9.98 Å². The van der Waals surface area contributed by atoms with Crippen LogP contribution >= 0.6 is 35.3 Å². The zero-order chi connectivity index (χ0) is 20.5. The Hall–Kier alpha value is -1.68. The monoisotopic (exact) mass is 529 g/mol. The molecule has 0 fully saturated rings. The molecule has 0 aliphatic carbocycles. The summed E-state index contributed by atoms with van der Waals surface area (Å²) < 4.78 is 0. The smallest absolute Gasteiger partial charge is 0.251 e. The number of aryl methyl sites for hydroxylation is 2. The van der Waals surface area contributed by atoms with Crippen LogP contribution in [0.4, 0.5) is 0 Å². The molecule has 6 nitrogen and oxygen atoms in total. The summed E-state index contributed by atoms with van der Waals surface area (Å²) in [7, 11) is 0. The summed E-state index contributed by atoms with van der Waals surface area (Å²) in [6.45, 7) is 12.1. The molecule has 0 aliphatic heterocycles. The van der Waals surface area contributed by atoms with Crippen molar-refractivity contribution in [3.05, 3.63) is 51.0 Å². The molecule has 0 bridgehead atoms. The average molecular weight is 529 g/mol. The van der Waals surface area contributed by atoms with Gasteiger partial charge >= 0.3 is 0 Å². The second-order valence-corrected chi connectivity index (χ2v) is 8.07. The van der Waals surface area contributed by atoms with E-state index in [-0.39, 0.29) is 35.9 Å². The summed E-state index contributed by atoms with van der Waals surface area (Å²) in [4.78, 5) is 22.8. The van der Waals surface area contributed by atoms with Crippen molar-refractivity contribution in [1.82, 2.24) is 20.9 Å². The second-order valence-electron chi connectivity index (χ2n) is 6.78. The van der Waals surface area contributed by atoms with Crippen LogP contribution in [0.2, 0.25) is 0 Å². The second kappa shape index (κ2) is 12.8. The molecule has 160 valence electrons. The zero-order valence-electron chi connectivity index (χ0n) is 17.8. The van der Waals surface area contributed by atoms with Crippen LogP contribution in [-0.2, 0) is 13.1 Å². The highest BCUT2D eigenvalue weighted by Gasteiger charge is 2.09.